The van der Waals surface area contributed by atoms with Crippen molar-refractivity contribution in [2.24, 2.45) is 0 Å². The lowest BCUT2D eigenvalue weighted by molar-refractivity contribution is 0.628. The summed E-state index contributed by atoms with van der Waals surface area (Å²) in [4.78, 5) is 15.5. The minimum atomic E-state index is -0.336. The van der Waals surface area contributed by atoms with Crippen molar-refractivity contribution >= 4 is 11.0 Å². The van der Waals surface area contributed by atoms with E-state index < -0.39 is 0 Å². The number of benzene rings is 2. The Morgan fingerprint density at radius 1 is 1.14 bits per heavy atom. The summed E-state index contributed by atoms with van der Waals surface area (Å²) in [6.07, 6.45) is 1.73. The summed E-state index contributed by atoms with van der Waals surface area (Å²) in [6, 6.07) is 17.6. The van der Waals surface area contributed by atoms with E-state index in [1.54, 1.807) is 22.9 Å². The molecule has 0 saturated carbocycles. The van der Waals surface area contributed by atoms with Crippen molar-refractivity contribution in [1.82, 2.24) is 20.1 Å². The molecular formula is C22H19FN4O. The predicted octanol–water partition coefficient (Wildman–Crippen LogP) is 3.80. The predicted molar refractivity (Wildman–Crippen MR) is 109 cm³/mol. The molecular weight excluding hydrogens is 355 g/mol. The molecule has 0 fully saturated rings. The molecule has 0 atom stereocenters. The first-order valence-corrected chi connectivity index (χ1v) is 8.95. The molecule has 0 spiro atoms. The standard InChI is InChI=1S/C22H19FN4O/c1-2-11-24-14-16-13-19-20(15-7-6-8-17(23)12-15)26-27(21(19)25-22(16)28)18-9-4-3-5-10-18/h2-10,12-13,24H,1,11,14H2,(H,25,28). The van der Waals surface area contributed by atoms with Gasteiger partial charge in [0, 0.05) is 29.6 Å². The maximum atomic E-state index is 13.8. The van der Waals surface area contributed by atoms with Crippen LogP contribution in [0, 0.1) is 5.82 Å². The van der Waals surface area contributed by atoms with Gasteiger partial charge in [-0.2, -0.15) is 5.10 Å². The lowest BCUT2D eigenvalue weighted by Crippen LogP contribution is -2.21. The van der Waals surface area contributed by atoms with Crippen molar-refractivity contribution in [1.29, 1.82) is 0 Å². The number of rotatable bonds is 6. The topological polar surface area (TPSA) is 62.7 Å². The molecule has 28 heavy (non-hydrogen) atoms. The molecule has 4 aromatic rings. The van der Waals surface area contributed by atoms with Gasteiger partial charge in [-0.05, 0) is 30.3 Å². The second-order valence-electron chi connectivity index (χ2n) is 6.41. The lowest BCUT2D eigenvalue weighted by atomic mass is 10.1. The Bertz CT molecular complexity index is 1190. The number of nitrogens with zero attached hydrogens (tertiary/aromatic N) is 2. The van der Waals surface area contributed by atoms with E-state index in [4.69, 9.17) is 5.10 Å². The van der Waals surface area contributed by atoms with Crippen LogP contribution < -0.4 is 10.9 Å². The molecule has 2 heterocycles. The van der Waals surface area contributed by atoms with E-state index in [0.29, 0.717) is 35.6 Å². The van der Waals surface area contributed by atoms with Crippen LogP contribution in [0.2, 0.25) is 0 Å². The molecule has 5 nitrogen and oxygen atoms in total. The van der Waals surface area contributed by atoms with E-state index in [2.05, 4.69) is 16.9 Å². The fourth-order valence-corrected chi connectivity index (χ4v) is 3.16. The van der Waals surface area contributed by atoms with Crippen LogP contribution in [0.3, 0.4) is 0 Å². The normalized spacial score (nSPS) is 11.0. The van der Waals surface area contributed by atoms with Crippen LogP contribution in [-0.2, 0) is 6.54 Å². The Morgan fingerprint density at radius 2 is 1.96 bits per heavy atom. The molecule has 0 unspecified atom stereocenters. The molecule has 2 aromatic heterocycles. The van der Waals surface area contributed by atoms with E-state index in [0.717, 1.165) is 11.1 Å². The molecule has 0 saturated heterocycles. The highest BCUT2D eigenvalue weighted by atomic mass is 19.1. The molecule has 2 N–H and O–H groups in total. The Morgan fingerprint density at radius 3 is 2.71 bits per heavy atom. The van der Waals surface area contributed by atoms with Crippen LogP contribution in [0.4, 0.5) is 4.39 Å². The van der Waals surface area contributed by atoms with Crippen LogP contribution in [0.25, 0.3) is 28.0 Å². The third kappa shape index (κ3) is 3.37. The number of halogens is 1. The van der Waals surface area contributed by atoms with E-state index in [1.165, 1.54) is 12.1 Å². The molecule has 140 valence electrons. The Hall–Kier alpha value is -3.51. The fraction of sp³-hybridized carbons (Fsp3) is 0.0909. The molecule has 0 radical (unpaired) electrons. The first-order valence-electron chi connectivity index (χ1n) is 8.95. The van der Waals surface area contributed by atoms with Crippen molar-refractivity contribution in [2.45, 2.75) is 6.54 Å². The summed E-state index contributed by atoms with van der Waals surface area (Å²) in [5.74, 6) is -0.336. The summed E-state index contributed by atoms with van der Waals surface area (Å²) in [5.41, 5.74) is 3.04. The van der Waals surface area contributed by atoms with Crippen molar-refractivity contribution in [3.8, 4) is 16.9 Å². The summed E-state index contributed by atoms with van der Waals surface area (Å²) in [6.45, 7) is 4.66. The highest BCUT2D eigenvalue weighted by Gasteiger charge is 2.17. The summed E-state index contributed by atoms with van der Waals surface area (Å²) in [5, 5.41) is 8.59. The van der Waals surface area contributed by atoms with Crippen LogP contribution in [0.5, 0.6) is 0 Å². The largest absolute Gasteiger partial charge is 0.309 e. The average molecular weight is 374 g/mol. The van der Waals surface area contributed by atoms with Crippen molar-refractivity contribution in [3.05, 3.63) is 95.1 Å². The number of fused-ring (bicyclic) bond motifs is 1. The Labute approximate surface area is 161 Å². The number of aromatic amines is 1. The molecule has 0 aliphatic carbocycles. The third-order valence-electron chi connectivity index (χ3n) is 4.47. The maximum absolute atomic E-state index is 13.8. The summed E-state index contributed by atoms with van der Waals surface area (Å²) < 4.78 is 15.5. The molecule has 2 aromatic carbocycles. The van der Waals surface area contributed by atoms with Crippen molar-refractivity contribution in [3.63, 3.8) is 0 Å². The Balaban J connectivity index is 1.95. The zero-order valence-corrected chi connectivity index (χ0v) is 15.2. The zero-order valence-electron chi connectivity index (χ0n) is 15.2. The number of hydrogen-bond acceptors (Lipinski definition) is 3. The van der Waals surface area contributed by atoms with Gasteiger partial charge < -0.3 is 10.3 Å². The number of aromatic nitrogens is 3. The maximum Gasteiger partial charge on any atom is 0.254 e. The Kier molecular flexibility index (Phi) is 4.87. The number of H-pyrrole nitrogens is 1. The van der Waals surface area contributed by atoms with Crippen LogP contribution in [0.15, 0.2) is 78.1 Å². The van der Waals surface area contributed by atoms with Gasteiger partial charge >= 0.3 is 0 Å². The number of para-hydroxylation sites is 1. The second-order valence-corrected chi connectivity index (χ2v) is 6.41. The van der Waals surface area contributed by atoms with E-state index >= 15 is 0 Å². The molecule has 4 rings (SSSR count). The second kappa shape index (κ2) is 7.62. The number of nitrogens with one attached hydrogen (secondary N) is 2. The first kappa shape index (κ1) is 17.9. The van der Waals surface area contributed by atoms with Crippen LogP contribution in [0.1, 0.15) is 5.56 Å². The van der Waals surface area contributed by atoms with E-state index in [1.807, 2.05) is 36.4 Å². The lowest BCUT2D eigenvalue weighted by Gasteiger charge is -2.04. The van der Waals surface area contributed by atoms with Gasteiger partial charge in [-0.25, -0.2) is 9.07 Å². The highest BCUT2D eigenvalue weighted by molar-refractivity contribution is 5.92. The molecule has 0 amide bonds. The fourth-order valence-electron chi connectivity index (χ4n) is 3.16. The monoisotopic (exact) mass is 374 g/mol. The van der Waals surface area contributed by atoms with Crippen molar-refractivity contribution in [2.75, 3.05) is 6.54 Å². The molecule has 0 aliphatic rings. The van der Waals surface area contributed by atoms with Gasteiger partial charge in [0.2, 0.25) is 0 Å². The van der Waals surface area contributed by atoms with Gasteiger partial charge in [0.15, 0.2) is 0 Å². The van der Waals surface area contributed by atoms with Gasteiger partial charge in [-0.3, -0.25) is 4.79 Å². The van der Waals surface area contributed by atoms with Crippen molar-refractivity contribution < 1.29 is 4.39 Å². The van der Waals surface area contributed by atoms with Gasteiger partial charge in [0.05, 0.1) is 5.69 Å². The number of hydrogen-bond donors (Lipinski definition) is 2. The number of pyridine rings is 1. The highest BCUT2D eigenvalue weighted by Crippen LogP contribution is 2.29. The van der Waals surface area contributed by atoms with Gasteiger partial charge in [0.25, 0.3) is 5.56 Å². The van der Waals surface area contributed by atoms with Crippen LogP contribution >= 0.6 is 0 Å². The quantitative estimate of drug-likeness (QED) is 0.399. The van der Waals surface area contributed by atoms with E-state index in [-0.39, 0.29) is 11.4 Å². The van der Waals surface area contributed by atoms with E-state index in [9.17, 15) is 9.18 Å². The molecule has 0 aliphatic heterocycles. The van der Waals surface area contributed by atoms with Gasteiger partial charge in [-0.1, -0.05) is 36.4 Å². The summed E-state index contributed by atoms with van der Waals surface area (Å²) in [7, 11) is 0. The minimum absolute atomic E-state index is 0.188. The summed E-state index contributed by atoms with van der Waals surface area (Å²) >= 11 is 0. The SMILES string of the molecule is C=CCNCc1cc2c(-c3cccc(F)c3)nn(-c3ccccc3)c2[nH]c1=O. The molecule has 6 heteroatoms. The molecule has 0 bridgehead atoms. The average Bonchev–Trinajstić information content (AvgIpc) is 3.07. The van der Waals surface area contributed by atoms with Gasteiger partial charge in [-0.15, -0.1) is 6.58 Å². The zero-order chi connectivity index (χ0) is 19.5. The van der Waals surface area contributed by atoms with Crippen LogP contribution in [-0.4, -0.2) is 21.3 Å². The minimum Gasteiger partial charge on any atom is -0.309 e. The first-order chi connectivity index (χ1) is 13.7. The van der Waals surface area contributed by atoms with Gasteiger partial charge in [0.1, 0.15) is 17.2 Å². The third-order valence-corrected chi connectivity index (χ3v) is 4.47. The smallest absolute Gasteiger partial charge is 0.254 e.